The summed E-state index contributed by atoms with van der Waals surface area (Å²) in [6.07, 6.45) is 0.851. The second-order valence-electron chi connectivity index (χ2n) is 6.69. The van der Waals surface area contributed by atoms with Crippen LogP contribution in [0, 0.1) is 0 Å². The van der Waals surface area contributed by atoms with Gasteiger partial charge in [0.2, 0.25) is 0 Å². The van der Waals surface area contributed by atoms with Gasteiger partial charge in [-0.2, -0.15) is 10.1 Å². The van der Waals surface area contributed by atoms with Crippen molar-refractivity contribution in [3.05, 3.63) is 35.2 Å². The van der Waals surface area contributed by atoms with Crippen LogP contribution in [0.25, 0.3) is 11.1 Å². The molecule has 0 atom stereocenters. The van der Waals surface area contributed by atoms with Crippen LogP contribution in [0.5, 0.6) is 0 Å². The number of ether oxygens (including phenoxy) is 1. The fourth-order valence-electron chi connectivity index (χ4n) is 3.48. The topological polar surface area (TPSA) is 108 Å². The smallest absolute Gasteiger partial charge is 0.298 e. The highest BCUT2D eigenvalue weighted by Crippen LogP contribution is 2.26. The Morgan fingerprint density at radius 2 is 2.11 bits per heavy atom. The van der Waals surface area contributed by atoms with E-state index in [0.29, 0.717) is 42.7 Å². The molecule has 2 aromatic heterocycles. The number of nitrogens with one attached hydrogen (secondary N) is 3. The number of anilines is 2. The third-order valence-electron chi connectivity index (χ3n) is 4.94. The minimum atomic E-state index is -0.233. The average molecular weight is 405 g/mol. The Hall–Kier alpha value is -2.62. The summed E-state index contributed by atoms with van der Waals surface area (Å²) < 4.78 is 11.2. The Bertz CT molecular complexity index is 995. The molecule has 1 fully saturated rings. The first-order valence-corrected chi connectivity index (χ1v) is 9.09. The van der Waals surface area contributed by atoms with Crippen molar-refractivity contribution in [3.63, 3.8) is 0 Å². The number of aromatic nitrogens is 3. The molecule has 4 heterocycles. The van der Waals surface area contributed by atoms with E-state index < -0.39 is 0 Å². The van der Waals surface area contributed by atoms with E-state index >= 15 is 0 Å². The van der Waals surface area contributed by atoms with Gasteiger partial charge >= 0.3 is 0 Å². The number of nitrogens with zero attached hydrogens (tertiary/aromatic N) is 3. The highest BCUT2D eigenvalue weighted by molar-refractivity contribution is 6.04. The lowest BCUT2D eigenvalue weighted by molar-refractivity contribution is 0.102. The second-order valence-corrected chi connectivity index (χ2v) is 6.69. The summed E-state index contributed by atoms with van der Waals surface area (Å²) >= 11 is 0. The molecule has 5 rings (SSSR count). The minimum absolute atomic E-state index is 0. The summed E-state index contributed by atoms with van der Waals surface area (Å²) in [6.45, 7) is 4.40. The van der Waals surface area contributed by atoms with Crippen molar-refractivity contribution in [3.8, 4) is 0 Å². The van der Waals surface area contributed by atoms with Gasteiger partial charge in [-0.3, -0.25) is 9.89 Å². The molecule has 9 nitrogen and oxygen atoms in total. The van der Waals surface area contributed by atoms with Crippen molar-refractivity contribution in [1.82, 2.24) is 20.5 Å². The van der Waals surface area contributed by atoms with Gasteiger partial charge in [0.05, 0.1) is 13.2 Å². The average Bonchev–Trinajstić information content (AvgIpc) is 3.32. The van der Waals surface area contributed by atoms with E-state index in [1.165, 1.54) is 0 Å². The molecule has 0 radical (unpaired) electrons. The van der Waals surface area contributed by atoms with Gasteiger partial charge in [-0.1, -0.05) is 0 Å². The molecular weight excluding hydrogens is 384 g/mol. The molecule has 3 N–H and O–H groups in total. The molecule has 3 aromatic rings. The molecule has 1 aromatic carbocycles. The van der Waals surface area contributed by atoms with Gasteiger partial charge in [0.15, 0.2) is 11.3 Å². The molecule has 0 unspecified atom stereocenters. The lowest BCUT2D eigenvalue weighted by atomic mass is 10.1. The van der Waals surface area contributed by atoms with E-state index in [0.717, 1.165) is 42.8 Å². The van der Waals surface area contributed by atoms with Gasteiger partial charge in [0, 0.05) is 55.6 Å². The van der Waals surface area contributed by atoms with Crippen LogP contribution in [0.2, 0.25) is 0 Å². The Labute approximate surface area is 167 Å². The lowest BCUT2D eigenvalue weighted by Gasteiger charge is -2.24. The van der Waals surface area contributed by atoms with Crippen LogP contribution < -0.4 is 15.5 Å². The van der Waals surface area contributed by atoms with Gasteiger partial charge in [-0.05, 0) is 12.1 Å². The SMILES string of the molecule is Cl.O=C(Nc1ccc2nc(N3CCOCC3)oc2c1)c1n[nH]c2c1CNCC2. The predicted octanol–water partition coefficient (Wildman–Crippen LogP) is 1.71. The van der Waals surface area contributed by atoms with Crippen LogP contribution in [0.4, 0.5) is 11.7 Å². The van der Waals surface area contributed by atoms with Crippen molar-refractivity contribution < 1.29 is 13.9 Å². The van der Waals surface area contributed by atoms with E-state index in [-0.39, 0.29) is 18.3 Å². The Balaban J connectivity index is 0.00000192. The number of carbonyl (C=O) groups is 1. The number of amides is 1. The molecule has 28 heavy (non-hydrogen) atoms. The van der Waals surface area contributed by atoms with Crippen molar-refractivity contribution in [1.29, 1.82) is 0 Å². The fraction of sp³-hybridized carbons (Fsp3) is 0.389. The van der Waals surface area contributed by atoms with Crippen LogP contribution in [0.15, 0.2) is 22.6 Å². The number of hydrogen-bond acceptors (Lipinski definition) is 7. The molecule has 0 saturated carbocycles. The number of benzene rings is 1. The van der Waals surface area contributed by atoms with Crippen molar-refractivity contribution in [2.75, 3.05) is 43.1 Å². The number of fused-ring (bicyclic) bond motifs is 2. The molecule has 1 amide bonds. The molecule has 148 valence electrons. The molecule has 2 aliphatic heterocycles. The van der Waals surface area contributed by atoms with Crippen LogP contribution in [0.1, 0.15) is 21.7 Å². The number of oxazole rings is 1. The van der Waals surface area contributed by atoms with Gasteiger partial charge in [-0.15, -0.1) is 12.4 Å². The summed E-state index contributed by atoms with van der Waals surface area (Å²) in [4.78, 5) is 19.2. The molecule has 0 aliphatic carbocycles. The monoisotopic (exact) mass is 404 g/mol. The number of rotatable bonds is 3. The third kappa shape index (κ3) is 3.44. The minimum Gasteiger partial charge on any atom is -0.423 e. The summed E-state index contributed by atoms with van der Waals surface area (Å²) in [6, 6.07) is 6.05. The van der Waals surface area contributed by atoms with Crippen molar-refractivity contribution >= 4 is 41.1 Å². The van der Waals surface area contributed by atoms with E-state index in [1.807, 2.05) is 12.1 Å². The van der Waals surface area contributed by atoms with Crippen molar-refractivity contribution in [2.45, 2.75) is 13.0 Å². The molecular formula is C18H21ClN6O3. The number of carbonyl (C=O) groups excluding carboxylic acids is 1. The Morgan fingerprint density at radius 3 is 2.96 bits per heavy atom. The van der Waals surface area contributed by atoms with E-state index in [1.54, 1.807) is 6.07 Å². The Morgan fingerprint density at radius 1 is 1.25 bits per heavy atom. The molecule has 0 spiro atoms. The van der Waals surface area contributed by atoms with Crippen LogP contribution >= 0.6 is 12.4 Å². The standard InChI is InChI=1S/C18H20N6O3.ClH/c25-17(16-12-10-19-4-3-13(12)22-23-16)20-11-1-2-14-15(9-11)27-18(21-14)24-5-7-26-8-6-24;/h1-2,9,19H,3-8,10H2,(H,20,25)(H,22,23);1H. The molecule has 0 bridgehead atoms. The fourth-order valence-corrected chi connectivity index (χ4v) is 3.48. The first kappa shape index (κ1) is 18.7. The maximum absolute atomic E-state index is 12.6. The highest BCUT2D eigenvalue weighted by atomic mass is 35.5. The molecule has 10 heteroatoms. The summed E-state index contributed by atoms with van der Waals surface area (Å²) in [7, 11) is 0. The zero-order valence-corrected chi connectivity index (χ0v) is 16.0. The number of morpholine rings is 1. The van der Waals surface area contributed by atoms with Gasteiger partial charge in [0.1, 0.15) is 5.52 Å². The van der Waals surface area contributed by atoms with Crippen LogP contribution in [-0.2, 0) is 17.7 Å². The van der Waals surface area contributed by atoms with Crippen LogP contribution in [0.3, 0.4) is 0 Å². The Kier molecular flexibility index (Phi) is 5.21. The quantitative estimate of drug-likeness (QED) is 0.609. The van der Waals surface area contributed by atoms with Gasteiger partial charge < -0.3 is 24.7 Å². The predicted molar refractivity (Wildman–Crippen MR) is 106 cm³/mol. The van der Waals surface area contributed by atoms with Crippen molar-refractivity contribution in [2.24, 2.45) is 0 Å². The molecule has 1 saturated heterocycles. The number of halogens is 1. The van der Waals surface area contributed by atoms with Gasteiger partial charge in [0.25, 0.3) is 11.9 Å². The maximum atomic E-state index is 12.6. The summed E-state index contributed by atoms with van der Waals surface area (Å²) in [5.41, 5.74) is 4.45. The lowest BCUT2D eigenvalue weighted by Crippen LogP contribution is -2.36. The first-order chi connectivity index (χ1) is 13.3. The summed E-state index contributed by atoms with van der Waals surface area (Å²) in [5.74, 6) is -0.233. The highest BCUT2D eigenvalue weighted by Gasteiger charge is 2.22. The third-order valence-corrected chi connectivity index (χ3v) is 4.94. The number of hydrogen-bond donors (Lipinski definition) is 3. The zero-order valence-electron chi connectivity index (χ0n) is 15.2. The van der Waals surface area contributed by atoms with Crippen LogP contribution in [-0.4, -0.2) is 53.9 Å². The zero-order chi connectivity index (χ0) is 18.2. The van der Waals surface area contributed by atoms with Gasteiger partial charge in [-0.25, -0.2) is 0 Å². The number of H-pyrrole nitrogens is 1. The normalized spacial score (nSPS) is 16.5. The van der Waals surface area contributed by atoms with E-state index in [2.05, 4.69) is 30.7 Å². The molecule has 2 aliphatic rings. The van der Waals surface area contributed by atoms with E-state index in [9.17, 15) is 4.79 Å². The maximum Gasteiger partial charge on any atom is 0.298 e. The van der Waals surface area contributed by atoms with E-state index in [4.69, 9.17) is 9.15 Å². The number of aromatic amines is 1. The summed E-state index contributed by atoms with van der Waals surface area (Å²) in [5, 5.41) is 13.3. The largest absolute Gasteiger partial charge is 0.423 e. The second kappa shape index (κ2) is 7.78. The first-order valence-electron chi connectivity index (χ1n) is 9.09.